The zero-order chi connectivity index (χ0) is 21.4. The van der Waals surface area contributed by atoms with E-state index in [1.54, 1.807) is 24.3 Å². The van der Waals surface area contributed by atoms with Crippen LogP contribution >= 0.6 is 11.6 Å². The average molecular weight is 439 g/mol. The molecular weight excluding hydrogens is 412 g/mol. The van der Waals surface area contributed by atoms with E-state index in [-0.39, 0.29) is 5.91 Å². The second kappa shape index (κ2) is 10.5. The summed E-state index contributed by atoms with van der Waals surface area (Å²) in [6, 6.07) is 14.3. The highest BCUT2D eigenvalue weighted by atomic mass is 35.5. The maximum Gasteiger partial charge on any atom is 0.261 e. The number of nitrogens with zero attached hydrogens (tertiary/aromatic N) is 1. The van der Waals surface area contributed by atoms with Gasteiger partial charge in [0.05, 0.1) is 11.9 Å². The van der Waals surface area contributed by atoms with Crippen LogP contribution in [0.4, 0.5) is 5.69 Å². The van der Waals surface area contributed by atoms with Gasteiger partial charge in [0.25, 0.3) is 5.91 Å². The number of rotatable bonds is 10. The fourth-order valence-corrected chi connectivity index (χ4v) is 3.31. The molecule has 0 aliphatic heterocycles. The molecular formula is C21H27ClN2O4S. The largest absolute Gasteiger partial charge is 0.481 e. The minimum atomic E-state index is -3.32. The molecule has 0 saturated heterocycles. The lowest BCUT2D eigenvalue weighted by atomic mass is 10.1. The van der Waals surface area contributed by atoms with Crippen molar-refractivity contribution in [2.75, 3.05) is 24.2 Å². The molecule has 0 aliphatic carbocycles. The van der Waals surface area contributed by atoms with Crippen molar-refractivity contribution in [3.63, 3.8) is 0 Å². The number of carbonyl (C=O) groups is 1. The lowest BCUT2D eigenvalue weighted by Gasteiger charge is -2.19. The van der Waals surface area contributed by atoms with E-state index < -0.39 is 16.1 Å². The molecule has 2 aromatic rings. The highest BCUT2D eigenvalue weighted by Gasteiger charge is 2.18. The van der Waals surface area contributed by atoms with Crippen molar-refractivity contribution in [2.24, 2.45) is 0 Å². The zero-order valence-corrected chi connectivity index (χ0v) is 18.5. The minimum absolute atomic E-state index is 0.166. The van der Waals surface area contributed by atoms with Crippen LogP contribution in [0.5, 0.6) is 5.75 Å². The molecule has 29 heavy (non-hydrogen) atoms. The van der Waals surface area contributed by atoms with Crippen LogP contribution in [0.25, 0.3) is 0 Å². The second-order valence-corrected chi connectivity index (χ2v) is 9.21. The number of amides is 1. The maximum atomic E-state index is 12.4. The van der Waals surface area contributed by atoms with Crippen molar-refractivity contribution in [3.05, 3.63) is 59.1 Å². The SMILES string of the molecule is CC[C@H](Oc1ccc(N(C)S(C)(=O)=O)cc1)C(=O)NCCCc1ccc(Cl)cc1. The predicted octanol–water partition coefficient (Wildman–Crippen LogP) is 3.64. The van der Waals surface area contributed by atoms with Gasteiger partial charge in [0.2, 0.25) is 10.0 Å². The molecule has 158 valence electrons. The fraction of sp³-hybridized carbons (Fsp3) is 0.381. The Labute approximate surface area is 177 Å². The van der Waals surface area contributed by atoms with Gasteiger partial charge in [0.15, 0.2) is 6.10 Å². The van der Waals surface area contributed by atoms with Crippen LogP contribution in [-0.4, -0.2) is 40.3 Å². The van der Waals surface area contributed by atoms with Gasteiger partial charge >= 0.3 is 0 Å². The normalized spacial score (nSPS) is 12.3. The molecule has 8 heteroatoms. The minimum Gasteiger partial charge on any atom is -0.481 e. The first-order valence-corrected chi connectivity index (χ1v) is 11.7. The van der Waals surface area contributed by atoms with Crippen molar-refractivity contribution < 1.29 is 17.9 Å². The molecule has 0 bridgehead atoms. The first kappa shape index (κ1) is 23.0. The summed E-state index contributed by atoms with van der Waals surface area (Å²) in [6.07, 6.45) is 2.72. The molecule has 0 spiro atoms. The Hall–Kier alpha value is -2.25. The van der Waals surface area contributed by atoms with Crippen LogP contribution in [0.1, 0.15) is 25.3 Å². The second-order valence-electron chi connectivity index (χ2n) is 6.76. The Morgan fingerprint density at radius 3 is 2.31 bits per heavy atom. The van der Waals surface area contributed by atoms with Crippen molar-refractivity contribution in [1.29, 1.82) is 0 Å². The van der Waals surface area contributed by atoms with E-state index in [1.807, 2.05) is 31.2 Å². The zero-order valence-electron chi connectivity index (χ0n) is 16.9. The van der Waals surface area contributed by atoms with Crippen molar-refractivity contribution in [2.45, 2.75) is 32.3 Å². The number of ether oxygens (including phenoxy) is 1. The van der Waals surface area contributed by atoms with E-state index in [4.69, 9.17) is 16.3 Å². The van der Waals surface area contributed by atoms with Crippen LogP contribution in [0.2, 0.25) is 5.02 Å². The van der Waals surface area contributed by atoms with E-state index in [1.165, 1.54) is 16.9 Å². The number of sulfonamides is 1. The number of benzene rings is 2. The fourth-order valence-electron chi connectivity index (χ4n) is 2.68. The summed E-state index contributed by atoms with van der Waals surface area (Å²) in [5.41, 5.74) is 1.70. The lowest BCUT2D eigenvalue weighted by molar-refractivity contribution is -0.128. The van der Waals surface area contributed by atoms with Gasteiger partial charge in [0.1, 0.15) is 5.75 Å². The van der Waals surface area contributed by atoms with Crippen LogP contribution in [-0.2, 0) is 21.2 Å². The number of hydrogen-bond acceptors (Lipinski definition) is 4. The van der Waals surface area contributed by atoms with Gasteiger partial charge in [-0.15, -0.1) is 0 Å². The Bertz CT molecular complexity index is 899. The molecule has 1 atom stereocenters. The van der Waals surface area contributed by atoms with Gasteiger partial charge in [-0.3, -0.25) is 9.10 Å². The molecule has 0 fully saturated rings. The first-order valence-electron chi connectivity index (χ1n) is 9.43. The summed E-state index contributed by atoms with van der Waals surface area (Å²) in [4.78, 5) is 12.4. The van der Waals surface area contributed by atoms with Crippen LogP contribution in [0.3, 0.4) is 0 Å². The monoisotopic (exact) mass is 438 g/mol. The number of nitrogens with one attached hydrogen (secondary N) is 1. The van der Waals surface area contributed by atoms with E-state index in [0.29, 0.717) is 29.4 Å². The Morgan fingerprint density at radius 2 is 1.76 bits per heavy atom. The van der Waals surface area contributed by atoms with Gasteiger partial charge in [0, 0.05) is 18.6 Å². The third-order valence-corrected chi connectivity index (χ3v) is 5.95. The summed E-state index contributed by atoms with van der Waals surface area (Å²) < 4.78 is 30.2. The molecule has 6 nitrogen and oxygen atoms in total. The molecule has 1 amide bonds. The highest BCUT2D eigenvalue weighted by molar-refractivity contribution is 7.92. The van der Waals surface area contributed by atoms with Crippen molar-refractivity contribution in [1.82, 2.24) is 5.32 Å². The molecule has 0 unspecified atom stereocenters. The number of hydrogen-bond donors (Lipinski definition) is 1. The van der Waals surface area contributed by atoms with Gasteiger partial charge in [-0.2, -0.15) is 0 Å². The summed E-state index contributed by atoms with van der Waals surface area (Å²) in [5, 5.41) is 3.62. The maximum absolute atomic E-state index is 12.4. The molecule has 0 aromatic heterocycles. The smallest absolute Gasteiger partial charge is 0.261 e. The average Bonchev–Trinajstić information content (AvgIpc) is 2.69. The van der Waals surface area contributed by atoms with E-state index >= 15 is 0 Å². The molecule has 0 radical (unpaired) electrons. The van der Waals surface area contributed by atoms with Crippen LogP contribution in [0.15, 0.2) is 48.5 Å². The molecule has 0 saturated carbocycles. The van der Waals surface area contributed by atoms with E-state index in [0.717, 1.165) is 19.1 Å². The lowest BCUT2D eigenvalue weighted by Crippen LogP contribution is -2.38. The number of aryl methyl sites for hydroxylation is 1. The first-order chi connectivity index (χ1) is 13.7. The number of halogens is 1. The standard InChI is InChI=1S/C21H27ClN2O4S/c1-4-20(21(25)23-15-5-6-16-7-9-17(22)10-8-16)28-19-13-11-18(12-14-19)24(2)29(3,26)27/h7-14,20H,4-6,15H2,1-3H3,(H,23,25)/t20-/m0/s1. The molecule has 0 aliphatic rings. The summed E-state index contributed by atoms with van der Waals surface area (Å²) in [7, 11) is -1.84. The Morgan fingerprint density at radius 1 is 1.14 bits per heavy atom. The highest BCUT2D eigenvalue weighted by Crippen LogP contribution is 2.21. The summed E-state index contributed by atoms with van der Waals surface area (Å²) in [5.74, 6) is 0.347. The Balaban J connectivity index is 1.83. The van der Waals surface area contributed by atoms with Gasteiger partial charge in [-0.25, -0.2) is 8.42 Å². The topological polar surface area (TPSA) is 75.7 Å². The third-order valence-electron chi connectivity index (χ3n) is 4.49. The Kier molecular flexibility index (Phi) is 8.34. The predicted molar refractivity (Wildman–Crippen MR) is 117 cm³/mol. The van der Waals surface area contributed by atoms with Gasteiger partial charge in [-0.1, -0.05) is 30.7 Å². The van der Waals surface area contributed by atoms with Crippen LogP contribution < -0.4 is 14.4 Å². The van der Waals surface area contributed by atoms with Crippen LogP contribution in [0, 0.1) is 0 Å². The van der Waals surface area contributed by atoms with Crippen molar-refractivity contribution >= 4 is 33.2 Å². The van der Waals surface area contributed by atoms with Gasteiger partial charge < -0.3 is 10.1 Å². The number of anilines is 1. The molecule has 1 N–H and O–H groups in total. The number of carbonyl (C=O) groups excluding carboxylic acids is 1. The summed E-state index contributed by atoms with van der Waals surface area (Å²) >= 11 is 5.88. The third kappa shape index (κ3) is 7.25. The van der Waals surface area contributed by atoms with E-state index in [9.17, 15) is 13.2 Å². The summed E-state index contributed by atoms with van der Waals surface area (Å²) in [6.45, 7) is 2.43. The van der Waals surface area contributed by atoms with Gasteiger partial charge in [-0.05, 0) is 61.2 Å². The molecule has 0 heterocycles. The molecule has 2 aromatic carbocycles. The quantitative estimate of drug-likeness (QED) is 0.574. The molecule has 2 rings (SSSR count). The van der Waals surface area contributed by atoms with Crippen molar-refractivity contribution in [3.8, 4) is 5.75 Å². The van der Waals surface area contributed by atoms with E-state index in [2.05, 4.69) is 5.32 Å².